The maximum absolute atomic E-state index is 4.21. The molecule has 1 saturated carbocycles. The zero-order chi connectivity index (χ0) is 13.1. The second-order valence-corrected chi connectivity index (χ2v) is 6.02. The summed E-state index contributed by atoms with van der Waals surface area (Å²) in [5.41, 5.74) is 1.36. The molecule has 2 fully saturated rings. The summed E-state index contributed by atoms with van der Waals surface area (Å²) in [6.07, 6.45) is 9.10. The fourth-order valence-electron chi connectivity index (χ4n) is 3.19. The molecule has 0 amide bonds. The van der Waals surface area contributed by atoms with E-state index >= 15 is 0 Å². The van der Waals surface area contributed by atoms with Gasteiger partial charge in [0.25, 0.3) is 0 Å². The van der Waals surface area contributed by atoms with Gasteiger partial charge in [-0.1, -0.05) is 13.0 Å². The molecule has 2 unspecified atom stereocenters. The second-order valence-electron chi connectivity index (χ2n) is 6.02. The van der Waals surface area contributed by atoms with Crippen molar-refractivity contribution in [1.29, 1.82) is 0 Å². The molecule has 2 heterocycles. The molecular weight excluding hydrogens is 234 g/mol. The smallest absolute Gasteiger partial charge is 0.0300 e. The van der Waals surface area contributed by atoms with E-state index in [0.29, 0.717) is 6.04 Å². The largest absolute Gasteiger partial charge is 0.311 e. The Labute approximate surface area is 116 Å². The van der Waals surface area contributed by atoms with Crippen LogP contribution in [-0.2, 0) is 6.42 Å². The van der Waals surface area contributed by atoms with Gasteiger partial charge in [0.2, 0.25) is 0 Å². The lowest BCUT2D eigenvalue weighted by atomic mass is 10.0. The average Bonchev–Trinajstić information content (AvgIpc) is 3.30. The van der Waals surface area contributed by atoms with Crippen LogP contribution in [0.15, 0.2) is 24.5 Å². The first kappa shape index (κ1) is 13.1. The van der Waals surface area contributed by atoms with Crippen LogP contribution in [0.2, 0.25) is 0 Å². The van der Waals surface area contributed by atoms with E-state index in [4.69, 9.17) is 0 Å². The first-order chi connectivity index (χ1) is 9.36. The number of hydrogen-bond donors (Lipinski definition) is 1. The summed E-state index contributed by atoms with van der Waals surface area (Å²) < 4.78 is 0. The lowest BCUT2D eigenvalue weighted by Crippen LogP contribution is -2.57. The van der Waals surface area contributed by atoms with Crippen molar-refractivity contribution in [3.63, 3.8) is 0 Å². The third-order valence-electron chi connectivity index (χ3n) is 4.64. The monoisotopic (exact) mass is 259 g/mol. The molecule has 0 radical (unpaired) electrons. The van der Waals surface area contributed by atoms with Crippen molar-refractivity contribution in [3.8, 4) is 0 Å². The normalized spacial score (nSPS) is 28.5. The summed E-state index contributed by atoms with van der Waals surface area (Å²) in [7, 11) is 0. The number of nitrogens with one attached hydrogen (secondary N) is 1. The quantitative estimate of drug-likeness (QED) is 0.877. The van der Waals surface area contributed by atoms with E-state index in [9.17, 15) is 0 Å². The van der Waals surface area contributed by atoms with Crippen LogP contribution in [0.4, 0.5) is 0 Å². The van der Waals surface area contributed by atoms with Crippen LogP contribution in [0.25, 0.3) is 0 Å². The molecule has 19 heavy (non-hydrogen) atoms. The van der Waals surface area contributed by atoms with E-state index in [1.807, 2.05) is 18.5 Å². The highest BCUT2D eigenvalue weighted by molar-refractivity contribution is 5.09. The van der Waals surface area contributed by atoms with E-state index in [2.05, 4.69) is 28.2 Å². The van der Waals surface area contributed by atoms with Crippen LogP contribution < -0.4 is 5.32 Å². The van der Waals surface area contributed by atoms with E-state index < -0.39 is 0 Å². The molecule has 0 bridgehead atoms. The van der Waals surface area contributed by atoms with Gasteiger partial charge in [0.1, 0.15) is 0 Å². The first-order valence-corrected chi connectivity index (χ1v) is 7.73. The van der Waals surface area contributed by atoms with Gasteiger partial charge in [-0.3, -0.25) is 9.88 Å². The Morgan fingerprint density at radius 2 is 2.32 bits per heavy atom. The van der Waals surface area contributed by atoms with Crippen LogP contribution in [0.1, 0.15) is 31.7 Å². The Balaban J connectivity index is 1.56. The minimum Gasteiger partial charge on any atom is -0.311 e. The SMILES string of the molecule is CCC1CNC(C2CC2)CN1CCc1cccnc1. The Kier molecular flexibility index (Phi) is 4.14. The average molecular weight is 259 g/mol. The zero-order valence-electron chi connectivity index (χ0n) is 11.9. The van der Waals surface area contributed by atoms with Gasteiger partial charge in [-0.25, -0.2) is 0 Å². The number of piperazine rings is 1. The second kappa shape index (κ2) is 6.02. The van der Waals surface area contributed by atoms with Crippen molar-refractivity contribution >= 4 is 0 Å². The maximum atomic E-state index is 4.21. The molecule has 0 aromatic carbocycles. The molecule has 0 spiro atoms. The molecule has 3 nitrogen and oxygen atoms in total. The molecular formula is C16H25N3. The standard InChI is InChI=1S/C16H25N3/c1-2-15-11-18-16(14-5-6-14)12-19(15)9-7-13-4-3-8-17-10-13/h3-4,8,10,14-16,18H,2,5-7,9,11-12H2,1H3. The fourth-order valence-corrected chi connectivity index (χ4v) is 3.19. The van der Waals surface area contributed by atoms with E-state index in [1.54, 1.807) is 0 Å². The first-order valence-electron chi connectivity index (χ1n) is 7.73. The topological polar surface area (TPSA) is 28.2 Å². The highest BCUT2D eigenvalue weighted by Gasteiger charge is 2.36. The highest BCUT2D eigenvalue weighted by atomic mass is 15.2. The van der Waals surface area contributed by atoms with E-state index in [1.165, 1.54) is 44.5 Å². The van der Waals surface area contributed by atoms with Gasteiger partial charge < -0.3 is 5.32 Å². The van der Waals surface area contributed by atoms with Gasteiger partial charge >= 0.3 is 0 Å². The lowest BCUT2D eigenvalue weighted by Gasteiger charge is -2.40. The molecule has 2 atom stereocenters. The summed E-state index contributed by atoms with van der Waals surface area (Å²) in [5.74, 6) is 0.957. The van der Waals surface area contributed by atoms with Gasteiger partial charge in [0, 0.05) is 44.1 Å². The Bertz CT molecular complexity index is 388. The Morgan fingerprint density at radius 1 is 1.42 bits per heavy atom. The summed E-state index contributed by atoms with van der Waals surface area (Å²) in [4.78, 5) is 6.91. The summed E-state index contributed by atoms with van der Waals surface area (Å²) in [6, 6.07) is 5.69. The van der Waals surface area contributed by atoms with Crippen molar-refractivity contribution in [2.24, 2.45) is 5.92 Å². The van der Waals surface area contributed by atoms with Crippen LogP contribution >= 0.6 is 0 Å². The van der Waals surface area contributed by atoms with Gasteiger partial charge in [0.05, 0.1) is 0 Å². The van der Waals surface area contributed by atoms with Gasteiger partial charge in [-0.05, 0) is 43.2 Å². The molecule has 1 aliphatic heterocycles. The van der Waals surface area contributed by atoms with Gasteiger partial charge in [-0.15, -0.1) is 0 Å². The maximum Gasteiger partial charge on any atom is 0.0300 e. The number of nitrogens with zero attached hydrogens (tertiary/aromatic N) is 2. The van der Waals surface area contributed by atoms with Crippen molar-refractivity contribution in [2.45, 2.75) is 44.7 Å². The Hall–Kier alpha value is -0.930. The lowest BCUT2D eigenvalue weighted by molar-refractivity contribution is 0.120. The molecule has 1 N–H and O–H groups in total. The molecule has 1 aromatic rings. The minimum absolute atomic E-state index is 0.715. The van der Waals surface area contributed by atoms with Crippen molar-refractivity contribution in [3.05, 3.63) is 30.1 Å². The molecule has 3 heteroatoms. The number of pyridine rings is 1. The number of aromatic nitrogens is 1. The van der Waals surface area contributed by atoms with Crippen LogP contribution in [0.5, 0.6) is 0 Å². The van der Waals surface area contributed by atoms with Gasteiger partial charge in [-0.2, -0.15) is 0 Å². The third-order valence-corrected chi connectivity index (χ3v) is 4.64. The number of hydrogen-bond acceptors (Lipinski definition) is 3. The summed E-state index contributed by atoms with van der Waals surface area (Å²) >= 11 is 0. The molecule has 2 aliphatic rings. The predicted molar refractivity (Wildman–Crippen MR) is 78.1 cm³/mol. The summed E-state index contributed by atoms with van der Waals surface area (Å²) in [6.45, 7) is 5.89. The molecule has 1 saturated heterocycles. The summed E-state index contributed by atoms with van der Waals surface area (Å²) in [5, 5.41) is 3.76. The van der Waals surface area contributed by atoms with Crippen molar-refractivity contribution < 1.29 is 0 Å². The minimum atomic E-state index is 0.715. The van der Waals surface area contributed by atoms with Crippen molar-refractivity contribution in [2.75, 3.05) is 19.6 Å². The highest BCUT2D eigenvalue weighted by Crippen LogP contribution is 2.34. The van der Waals surface area contributed by atoms with E-state index in [-0.39, 0.29) is 0 Å². The fraction of sp³-hybridized carbons (Fsp3) is 0.688. The van der Waals surface area contributed by atoms with Gasteiger partial charge in [0.15, 0.2) is 0 Å². The number of rotatable bonds is 5. The van der Waals surface area contributed by atoms with E-state index in [0.717, 1.165) is 18.4 Å². The molecule has 1 aliphatic carbocycles. The van der Waals surface area contributed by atoms with Crippen LogP contribution in [-0.4, -0.2) is 41.6 Å². The molecule has 1 aromatic heterocycles. The van der Waals surface area contributed by atoms with Crippen molar-refractivity contribution in [1.82, 2.24) is 15.2 Å². The third kappa shape index (κ3) is 3.34. The molecule has 104 valence electrons. The zero-order valence-corrected chi connectivity index (χ0v) is 11.9. The Morgan fingerprint density at radius 3 is 3.00 bits per heavy atom. The molecule has 3 rings (SSSR count). The van der Waals surface area contributed by atoms with Crippen LogP contribution in [0, 0.1) is 5.92 Å². The van der Waals surface area contributed by atoms with Crippen LogP contribution in [0.3, 0.4) is 0 Å². The predicted octanol–water partition coefficient (Wildman–Crippen LogP) is 2.09.